The third kappa shape index (κ3) is 5.29. The number of carbonyl (C=O) groups is 2. The summed E-state index contributed by atoms with van der Waals surface area (Å²) in [6.45, 7) is 2.54. The highest BCUT2D eigenvalue weighted by Crippen LogP contribution is 2.10. The molecule has 0 radical (unpaired) electrons. The number of nitrogens with one attached hydrogen (secondary N) is 2. The molecule has 1 aromatic heterocycles. The van der Waals surface area contributed by atoms with Gasteiger partial charge in [-0.25, -0.2) is 4.98 Å². The molecule has 1 heterocycles. The normalized spacial score (nSPS) is 10.2. The summed E-state index contributed by atoms with van der Waals surface area (Å²) in [7, 11) is 0. The fourth-order valence-electron chi connectivity index (χ4n) is 1.90. The lowest BCUT2D eigenvalue weighted by Crippen LogP contribution is -2.37. The number of nitrogens with zero attached hydrogens (tertiary/aromatic N) is 1. The first-order valence-electron chi connectivity index (χ1n) is 7.16. The van der Waals surface area contributed by atoms with Gasteiger partial charge in [0.1, 0.15) is 0 Å². The van der Waals surface area contributed by atoms with Crippen molar-refractivity contribution in [2.24, 2.45) is 0 Å². The Labute approximate surface area is 133 Å². The largest absolute Gasteiger partial charge is 0.355 e. The van der Waals surface area contributed by atoms with E-state index in [9.17, 15) is 9.59 Å². The molecule has 6 heteroatoms. The molecular weight excluding hydrogens is 298 g/mol. The van der Waals surface area contributed by atoms with Gasteiger partial charge in [0, 0.05) is 29.6 Å². The molecule has 116 valence electrons. The molecule has 0 spiro atoms. The smallest absolute Gasteiger partial charge is 0.251 e. The van der Waals surface area contributed by atoms with Crippen LogP contribution in [-0.2, 0) is 11.2 Å². The monoisotopic (exact) mass is 317 g/mol. The number of hydrogen-bond acceptors (Lipinski definition) is 4. The van der Waals surface area contributed by atoms with Crippen LogP contribution in [0.15, 0.2) is 35.7 Å². The Kier molecular flexibility index (Phi) is 6.09. The van der Waals surface area contributed by atoms with E-state index < -0.39 is 0 Å². The predicted molar refractivity (Wildman–Crippen MR) is 87.0 cm³/mol. The van der Waals surface area contributed by atoms with Crippen LogP contribution < -0.4 is 10.6 Å². The number of aryl methyl sites for hydroxylation is 2. The molecular formula is C16H19N3O2S. The molecule has 22 heavy (non-hydrogen) atoms. The van der Waals surface area contributed by atoms with Gasteiger partial charge in [-0.05, 0) is 25.5 Å². The van der Waals surface area contributed by atoms with E-state index in [-0.39, 0.29) is 18.4 Å². The van der Waals surface area contributed by atoms with Crippen molar-refractivity contribution in [2.45, 2.75) is 19.8 Å². The molecule has 0 saturated heterocycles. The van der Waals surface area contributed by atoms with Gasteiger partial charge in [0.05, 0.1) is 11.6 Å². The van der Waals surface area contributed by atoms with Crippen LogP contribution in [0.3, 0.4) is 0 Å². The first kappa shape index (κ1) is 16.2. The van der Waals surface area contributed by atoms with Crippen LogP contribution in [0.25, 0.3) is 0 Å². The lowest BCUT2D eigenvalue weighted by molar-refractivity contribution is -0.120. The molecule has 0 bridgehead atoms. The zero-order valence-corrected chi connectivity index (χ0v) is 13.3. The topological polar surface area (TPSA) is 71.1 Å². The van der Waals surface area contributed by atoms with Crippen LogP contribution in [0.5, 0.6) is 0 Å². The van der Waals surface area contributed by atoms with Gasteiger partial charge in [0.25, 0.3) is 5.91 Å². The number of hydrogen-bond donors (Lipinski definition) is 2. The summed E-state index contributed by atoms with van der Waals surface area (Å²) in [5.41, 5.74) is 1.59. The molecule has 0 fully saturated rings. The van der Waals surface area contributed by atoms with Crippen LogP contribution in [0.2, 0.25) is 0 Å². The first-order valence-corrected chi connectivity index (χ1v) is 8.04. The maximum absolute atomic E-state index is 11.8. The second-order valence-corrected chi connectivity index (χ2v) is 5.83. The van der Waals surface area contributed by atoms with Crippen LogP contribution in [0.4, 0.5) is 0 Å². The van der Waals surface area contributed by atoms with E-state index in [1.165, 1.54) is 0 Å². The SMILES string of the molecule is Cc1csc(CCCNC(=O)CNC(=O)c2ccccc2)n1. The van der Waals surface area contributed by atoms with Gasteiger partial charge in [0.15, 0.2) is 0 Å². The highest BCUT2D eigenvalue weighted by molar-refractivity contribution is 7.09. The van der Waals surface area contributed by atoms with Crippen LogP contribution in [0.1, 0.15) is 27.5 Å². The van der Waals surface area contributed by atoms with Gasteiger partial charge in [-0.2, -0.15) is 0 Å². The molecule has 0 atom stereocenters. The van der Waals surface area contributed by atoms with Crippen molar-refractivity contribution >= 4 is 23.2 Å². The number of carbonyl (C=O) groups excluding carboxylic acids is 2. The van der Waals surface area contributed by atoms with E-state index in [0.717, 1.165) is 23.5 Å². The summed E-state index contributed by atoms with van der Waals surface area (Å²) < 4.78 is 0. The Morgan fingerprint density at radius 3 is 2.64 bits per heavy atom. The highest BCUT2D eigenvalue weighted by Gasteiger charge is 2.07. The Balaban J connectivity index is 1.61. The maximum Gasteiger partial charge on any atom is 0.251 e. The summed E-state index contributed by atoms with van der Waals surface area (Å²) in [4.78, 5) is 27.8. The molecule has 0 unspecified atom stereocenters. The van der Waals surface area contributed by atoms with Gasteiger partial charge < -0.3 is 10.6 Å². The molecule has 0 saturated carbocycles. The second kappa shape index (κ2) is 8.29. The van der Waals surface area contributed by atoms with Crippen molar-refractivity contribution in [3.05, 3.63) is 52.0 Å². The Bertz CT molecular complexity index is 625. The minimum Gasteiger partial charge on any atom is -0.355 e. The zero-order chi connectivity index (χ0) is 15.8. The van der Waals surface area contributed by atoms with Gasteiger partial charge >= 0.3 is 0 Å². The first-order chi connectivity index (χ1) is 10.6. The van der Waals surface area contributed by atoms with Crippen molar-refractivity contribution in [1.82, 2.24) is 15.6 Å². The Morgan fingerprint density at radius 2 is 1.95 bits per heavy atom. The van der Waals surface area contributed by atoms with Gasteiger partial charge in [-0.15, -0.1) is 11.3 Å². The van der Waals surface area contributed by atoms with E-state index in [1.807, 2.05) is 18.4 Å². The second-order valence-electron chi connectivity index (χ2n) is 4.88. The van der Waals surface area contributed by atoms with Gasteiger partial charge in [0.2, 0.25) is 5.91 Å². The standard InChI is InChI=1S/C16H19N3O2S/c1-12-11-22-15(19-12)8-5-9-17-14(20)10-18-16(21)13-6-3-2-4-7-13/h2-4,6-7,11H,5,8-10H2,1H3,(H,17,20)(H,18,21). The third-order valence-corrected chi connectivity index (χ3v) is 4.03. The average molecular weight is 317 g/mol. The van der Waals surface area contributed by atoms with Crippen molar-refractivity contribution in [3.8, 4) is 0 Å². The number of amides is 2. The molecule has 5 nitrogen and oxygen atoms in total. The molecule has 2 aromatic rings. The number of benzene rings is 1. The van der Waals surface area contributed by atoms with E-state index in [1.54, 1.807) is 35.6 Å². The molecule has 2 N–H and O–H groups in total. The summed E-state index contributed by atoms with van der Waals surface area (Å²) in [5, 5.41) is 8.50. The lowest BCUT2D eigenvalue weighted by atomic mass is 10.2. The fourth-order valence-corrected chi connectivity index (χ4v) is 2.72. The van der Waals surface area contributed by atoms with Crippen molar-refractivity contribution in [2.75, 3.05) is 13.1 Å². The van der Waals surface area contributed by atoms with E-state index >= 15 is 0 Å². The zero-order valence-electron chi connectivity index (χ0n) is 12.5. The molecule has 2 rings (SSSR count). The molecule has 2 amide bonds. The molecule has 1 aromatic carbocycles. The lowest BCUT2D eigenvalue weighted by Gasteiger charge is -2.06. The Morgan fingerprint density at radius 1 is 1.18 bits per heavy atom. The molecule has 0 aliphatic heterocycles. The number of aromatic nitrogens is 1. The van der Waals surface area contributed by atoms with Gasteiger partial charge in [-0.1, -0.05) is 18.2 Å². The quantitative estimate of drug-likeness (QED) is 0.767. The maximum atomic E-state index is 11.8. The van der Waals surface area contributed by atoms with Crippen LogP contribution in [-0.4, -0.2) is 29.9 Å². The Hall–Kier alpha value is -2.21. The van der Waals surface area contributed by atoms with E-state index in [0.29, 0.717) is 12.1 Å². The summed E-state index contributed by atoms with van der Waals surface area (Å²) in [5.74, 6) is -0.423. The molecule has 0 aliphatic rings. The number of rotatable bonds is 7. The summed E-state index contributed by atoms with van der Waals surface area (Å²) in [6, 6.07) is 8.84. The number of thiazole rings is 1. The van der Waals surface area contributed by atoms with Crippen molar-refractivity contribution < 1.29 is 9.59 Å². The van der Waals surface area contributed by atoms with Crippen molar-refractivity contribution in [1.29, 1.82) is 0 Å². The van der Waals surface area contributed by atoms with E-state index in [2.05, 4.69) is 15.6 Å². The van der Waals surface area contributed by atoms with Crippen LogP contribution in [0, 0.1) is 6.92 Å². The highest BCUT2D eigenvalue weighted by atomic mass is 32.1. The molecule has 0 aliphatic carbocycles. The fraction of sp³-hybridized carbons (Fsp3) is 0.312. The van der Waals surface area contributed by atoms with E-state index in [4.69, 9.17) is 0 Å². The summed E-state index contributed by atoms with van der Waals surface area (Å²) >= 11 is 1.64. The van der Waals surface area contributed by atoms with Gasteiger partial charge in [-0.3, -0.25) is 9.59 Å². The average Bonchev–Trinajstić information content (AvgIpc) is 2.95. The van der Waals surface area contributed by atoms with Crippen molar-refractivity contribution in [3.63, 3.8) is 0 Å². The minimum absolute atomic E-state index is 0.00983. The van der Waals surface area contributed by atoms with Crippen LogP contribution >= 0.6 is 11.3 Å². The minimum atomic E-state index is -0.242. The summed E-state index contributed by atoms with van der Waals surface area (Å²) in [6.07, 6.45) is 1.69. The third-order valence-electron chi connectivity index (χ3n) is 3.00. The predicted octanol–water partition coefficient (Wildman–Crippen LogP) is 1.93.